The molecule has 3 rings (SSSR count). The number of rotatable bonds is 7. The quantitative estimate of drug-likeness (QED) is 0.476. The monoisotopic (exact) mass is 486 g/mol. The van der Waals surface area contributed by atoms with E-state index in [9.17, 15) is 36.5 Å². The lowest BCUT2D eigenvalue weighted by Gasteiger charge is -2.33. The summed E-state index contributed by atoms with van der Waals surface area (Å²) in [4.78, 5) is 24.3. The van der Waals surface area contributed by atoms with E-state index in [0.717, 1.165) is 24.3 Å². The van der Waals surface area contributed by atoms with Crippen molar-refractivity contribution in [3.05, 3.63) is 64.2 Å². The second-order valence-corrected chi connectivity index (χ2v) is 9.28. The number of nitro groups is 1. The summed E-state index contributed by atoms with van der Waals surface area (Å²) in [5, 5.41) is 13.5. The number of anilines is 1. The Labute approximate surface area is 188 Å². The maximum atomic E-state index is 12.7. The van der Waals surface area contributed by atoms with Crippen molar-refractivity contribution in [3.63, 3.8) is 0 Å². The maximum absolute atomic E-state index is 12.7. The van der Waals surface area contributed by atoms with Crippen LogP contribution in [0.5, 0.6) is 0 Å². The van der Waals surface area contributed by atoms with Crippen LogP contribution in [-0.4, -0.2) is 61.2 Å². The smallest absolute Gasteiger partial charge is 0.320 e. The first-order valence-corrected chi connectivity index (χ1v) is 11.4. The fourth-order valence-corrected chi connectivity index (χ4v) is 4.79. The van der Waals surface area contributed by atoms with Gasteiger partial charge in [0.25, 0.3) is 5.69 Å². The highest BCUT2D eigenvalue weighted by Crippen LogP contribution is 2.30. The lowest BCUT2D eigenvalue weighted by Crippen LogP contribution is -2.49. The molecule has 1 amide bonds. The van der Waals surface area contributed by atoms with E-state index in [1.165, 1.54) is 22.5 Å². The predicted octanol–water partition coefficient (Wildman–Crippen LogP) is 2.95. The Kier molecular flexibility index (Phi) is 7.34. The molecule has 178 valence electrons. The van der Waals surface area contributed by atoms with Crippen LogP contribution in [0.15, 0.2) is 53.4 Å². The summed E-state index contributed by atoms with van der Waals surface area (Å²) in [6, 6.07) is 9.13. The van der Waals surface area contributed by atoms with Crippen LogP contribution in [0.3, 0.4) is 0 Å². The summed E-state index contributed by atoms with van der Waals surface area (Å²) in [6.07, 6.45) is -4.50. The topological polar surface area (TPSA) is 113 Å². The van der Waals surface area contributed by atoms with E-state index in [2.05, 4.69) is 5.32 Å². The molecule has 2 aromatic carbocycles. The maximum Gasteiger partial charge on any atom is 0.416 e. The molecule has 0 atom stereocenters. The Morgan fingerprint density at radius 1 is 1.03 bits per heavy atom. The molecule has 1 fully saturated rings. The number of para-hydroxylation sites is 2. The largest absolute Gasteiger partial charge is 0.416 e. The number of halogens is 3. The summed E-state index contributed by atoms with van der Waals surface area (Å²) >= 11 is 0. The van der Waals surface area contributed by atoms with Gasteiger partial charge in [-0.25, -0.2) is 8.42 Å². The Bertz CT molecular complexity index is 1120. The van der Waals surface area contributed by atoms with Crippen molar-refractivity contribution in [2.45, 2.75) is 17.5 Å². The zero-order valence-corrected chi connectivity index (χ0v) is 18.1. The Morgan fingerprint density at radius 2 is 1.64 bits per heavy atom. The van der Waals surface area contributed by atoms with Gasteiger partial charge in [-0.3, -0.25) is 14.9 Å². The van der Waals surface area contributed by atoms with Crippen molar-refractivity contribution in [1.82, 2.24) is 9.21 Å². The number of amides is 1. The summed E-state index contributed by atoms with van der Waals surface area (Å²) in [7, 11) is -3.94. The van der Waals surface area contributed by atoms with Gasteiger partial charge in [-0.1, -0.05) is 12.1 Å². The zero-order valence-electron chi connectivity index (χ0n) is 17.3. The van der Waals surface area contributed by atoms with E-state index in [1.807, 2.05) is 4.90 Å². The highest BCUT2D eigenvalue weighted by atomic mass is 32.2. The van der Waals surface area contributed by atoms with Crippen LogP contribution in [0.1, 0.15) is 12.0 Å². The first-order valence-electron chi connectivity index (χ1n) is 9.91. The second-order valence-electron chi connectivity index (χ2n) is 7.34. The van der Waals surface area contributed by atoms with Crippen molar-refractivity contribution in [2.24, 2.45) is 0 Å². The van der Waals surface area contributed by atoms with Gasteiger partial charge in [0.05, 0.1) is 15.4 Å². The predicted molar refractivity (Wildman–Crippen MR) is 113 cm³/mol. The number of alkyl halides is 3. The molecule has 1 aliphatic rings. The van der Waals surface area contributed by atoms with Crippen LogP contribution in [0.25, 0.3) is 0 Å². The molecular weight excluding hydrogens is 465 g/mol. The fourth-order valence-electron chi connectivity index (χ4n) is 3.37. The van der Waals surface area contributed by atoms with Crippen molar-refractivity contribution in [2.75, 3.05) is 38.0 Å². The second kappa shape index (κ2) is 9.85. The average molecular weight is 486 g/mol. The molecule has 2 aromatic rings. The van der Waals surface area contributed by atoms with Gasteiger partial charge in [0.15, 0.2) is 0 Å². The van der Waals surface area contributed by atoms with Crippen LogP contribution in [0.4, 0.5) is 24.5 Å². The van der Waals surface area contributed by atoms with Gasteiger partial charge in [0, 0.05) is 45.2 Å². The molecule has 1 heterocycles. The first-order chi connectivity index (χ1) is 15.5. The van der Waals surface area contributed by atoms with Crippen LogP contribution in [0, 0.1) is 10.1 Å². The number of carbonyl (C=O) groups excluding carboxylic acids is 1. The third kappa shape index (κ3) is 6.06. The Balaban J connectivity index is 1.51. The SMILES string of the molecule is O=C(CCN1CCN(S(=O)(=O)c2ccc(C(F)(F)F)cc2)CC1)Nc1ccccc1[N+](=O)[O-]. The van der Waals surface area contributed by atoms with Gasteiger partial charge in [-0.2, -0.15) is 17.5 Å². The summed E-state index contributed by atoms with van der Waals surface area (Å²) in [6.45, 7) is 1.22. The molecule has 0 spiro atoms. The number of hydrogen-bond acceptors (Lipinski definition) is 6. The number of piperazine rings is 1. The highest BCUT2D eigenvalue weighted by molar-refractivity contribution is 7.89. The van der Waals surface area contributed by atoms with Gasteiger partial charge in [0.1, 0.15) is 5.69 Å². The zero-order chi connectivity index (χ0) is 24.2. The molecule has 9 nitrogen and oxygen atoms in total. The molecule has 0 aromatic heterocycles. The molecule has 1 saturated heterocycles. The Morgan fingerprint density at radius 3 is 2.21 bits per heavy atom. The number of benzene rings is 2. The van der Waals surface area contributed by atoms with Crippen molar-refractivity contribution in [1.29, 1.82) is 0 Å². The molecule has 0 bridgehead atoms. The lowest BCUT2D eigenvalue weighted by atomic mass is 10.2. The standard InChI is InChI=1S/C20H21F3N4O5S/c21-20(22,23)15-5-7-16(8-6-15)33(31,32)26-13-11-25(12-14-26)10-9-19(28)24-17-3-1-2-4-18(17)27(29)30/h1-8H,9-14H2,(H,24,28). The van der Waals surface area contributed by atoms with Crippen LogP contribution < -0.4 is 5.32 Å². The minimum Gasteiger partial charge on any atom is -0.320 e. The van der Waals surface area contributed by atoms with Crippen molar-refractivity contribution < 1.29 is 31.3 Å². The van der Waals surface area contributed by atoms with E-state index in [4.69, 9.17) is 0 Å². The van der Waals surface area contributed by atoms with Crippen LogP contribution in [-0.2, 0) is 21.0 Å². The number of hydrogen-bond donors (Lipinski definition) is 1. The molecule has 1 aliphatic heterocycles. The van der Waals surface area contributed by atoms with Gasteiger partial charge in [-0.05, 0) is 30.3 Å². The number of carbonyl (C=O) groups is 1. The van der Waals surface area contributed by atoms with Crippen LogP contribution in [0.2, 0.25) is 0 Å². The molecule has 0 unspecified atom stereocenters. The summed E-state index contributed by atoms with van der Waals surface area (Å²) < 4.78 is 64.7. The molecule has 0 radical (unpaired) electrons. The van der Waals surface area contributed by atoms with Gasteiger partial charge >= 0.3 is 6.18 Å². The van der Waals surface area contributed by atoms with E-state index >= 15 is 0 Å². The van der Waals surface area contributed by atoms with Gasteiger partial charge in [-0.15, -0.1) is 0 Å². The van der Waals surface area contributed by atoms with Crippen molar-refractivity contribution in [3.8, 4) is 0 Å². The molecule has 1 N–H and O–H groups in total. The molecule has 0 saturated carbocycles. The average Bonchev–Trinajstić information content (AvgIpc) is 2.77. The minimum atomic E-state index is -4.55. The van der Waals surface area contributed by atoms with Crippen LogP contribution >= 0.6 is 0 Å². The van der Waals surface area contributed by atoms with E-state index in [-0.39, 0.29) is 35.8 Å². The summed E-state index contributed by atoms with van der Waals surface area (Å²) in [5.41, 5.74) is -1.04. The van der Waals surface area contributed by atoms with Gasteiger partial charge in [0.2, 0.25) is 15.9 Å². The molecule has 13 heteroatoms. The highest BCUT2D eigenvalue weighted by Gasteiger charge is 2.32. The number of sulfonamides is 1. The third-order valence-electron chi connectivity index (χ3n) is 5.18. The molecule has 0 aliphatic carbocycles. The third-order valence-corrected chi connectivity index (χ3v) is 7.09. The van der Waals surface area contributed by atoms with E-state index in [0.29, 0.717) is 19.6 Å². The Hall–Kier alpha value is -3.03. The van der Waals surface area contributed by atoms with Gasteiger partial charge < -0.3 is 10.2 Å². The minimum absolute atomic E-state index is 0.0533. The number of nitrogens with one attached hydrogen (secondary N) is 1. The van der Waals surface area contributed by atoms with E-state index < -0.39 is 32.6 Å². The van der Waals surface area contributed by atoms with E-state index in [1.54, 1.807) is 6.07 Å². The lowest BCUT2D eigenvalue weighted by molar-refractivity contribution is -0.383. The fraction of sp³-hybridized carbons (Fsp3) is 0.350. The molecular formula is C20H21F3N4O5S. The van der Waals surface area contributed by atoms with Crippen molar-refractivity contribution >= 4 is 27.3 Å². The normalized spacial score (nSPS) is 15.8. The number of nitro benzene ring substituents is 1. The summed E-state index contributed by atoms with van der Waals surface area (Å²) in [5.74, 6) is -0.413. The number of nitrogens with zero attached hydrogens (tertiary/aromatic N) is 3. The first kappa shape index (κ1) is 24.6. The molecule has 33 heavy (non-hydrogen) atoms.